The largest absolute Gasteiger partial charge is 0.484 e. The Bertz CT molecular complexity index is 896. The fourth-order valence-corrected chi connectivity index (χ4v) is 2.59. The molecule has 1 aromatic heterocycles. The molecule has 5 nitrogen and oxygen atoms in total. The number of hydrogen-bond acceptors (Lipinski definition) is 4. The van der Waals surface area contributed by atoms with Crippen LogP contribution in [0.4, 0.5) is 11.5 Å². The lowest BCUT2D eigenvalue weighted by atomic mass is 10.1. The minimum Gasteiger partial charge on any atom is -0.484 e. The van der Waals surface area contributed by atoms with Crippen molar-refractivity contribution < 1.29 is 9.53 Å². The van der Waals surface area contributed by atoms with Crippen LogP contribution in [0, 0.1) is 6.92 Å². The Morgan fingerprint density at radius 1 is 1.11 bits per heavy atom. The van der Waals surface area contributed by atoms with E-state index < -0.39 is 0 Å². The van der Waals surface area contributed by atoms with Crippen LogP contribution >= 0.6 is 11.6 Å². The van der Waals surface area contributed by atoms with Gasteiger partial charge in [0.05, 0.1) is 11.9 Å². The van der Waals surface area contributed by atoms with Crippen LogP contribution in [-0.4, -0.2) is 17.5 Å². The Kier molecular flexibility index (Phi) is 6.28. The van der Waals surface area contributed by atoms with Gasteiger partial charge in [0.15, 0.2) is 6.61 Å². The molecule has 138 valence electrons. The van der Waals surface area contributed by atoms with Gasteiger partial charge in [0, 0.05) is 11.6 Å². The van der Waals surface area contributed by atoms with Crippen LogP contribution in [0.2, 0.25) is 5.02 Å². The van der Waals surface area contributed by atoms with Crippen molar-refractivity contribution in [3.05, 3.63) is 83.0 Å². The lowest BCUT2D eigenvalue weighted by Gasteiger charge is -2.09. The molecule has 3 aromatic rings. The third-order valence-electron chi connectivity index (χ3n) is 3.79. The number of halogens is 1. The lowest BCUT2D eigenvalue weighted by Crippen LogP contribution is -2.20. The number of aromatic nitrogens is 1. The molecule has 0 atom stereocenters. The monoisotopic (exact) mass is 381 g/mol. The van der Waals surface area contributed by atoms with Gasteiger partial charge in [0.1, 0.15) is 11.6 Å². The second kappa shape index (κ2) is 9.05. The molecule has 2 aromatic carbocycles. The van der Waals surface area contributed by atoms with Gasteiger partial charge in [-0.05, 0) is 48.9 Å². The van der Waals surface area contributed by atoms with Crippen molar-refractivity contribution in [3.8, 4) is 5.75 Å². The third-order valence-corrected chi connectivity index (χ3v) is 4.04. The van der Waals surface area contributed by atoms with Gasteiger partial charge in [-0.15, -0.1) is 0 Å². The van der Waals surface area contributed by atoms with Crippen molar-refractivity contribution in [1.82, 2.24) is 4.98 Å². The minimum atomic E-state index is -0.257. The maximum atomic E-state index is 12.0. The number of amides is 1. The number of rotatable bonds is 7. The summed E-state index contributed by atoms with van der Waals surface area (Å²) < 4.78 is 5.41. The van der Waals surface area contributed by atoms with E-state index in [-0.39, 0.29) is 12.5 Å². The van der Waals surface area contributed by atoms with E-state index in [9.17, 15) is 4.79 Å². The number of aryl methyl sites for hydroxylation is 1. The third kappa shape index (κ3) is 6.01. The van der Waals surface area contributed by atoms with Crippen molar-refractivity contribution in [2.24, 2.45) is 0 Å². The topological polar surface area (TPSA) is 63.2 Å². The van der Waals surface area contributed by atoms with E-state index in [4.69, 9.17) is 16.3 Å². The van der Waals surface area contributed by atoms with Gasteiger partial charge >= 0.3 is 0 Å². The summed E-state index contributed by atoms with van der Waals surface area (Å²) >= 11 is 5.81. The fourth-order valence-electron chi connectivity index (χ4n) is 2.46. The molecule has 1 heterocycles. The first-order chi connectivity index (χ1) is 13.1. The van der Waals surface area contributed by atoms with E-state index in [0.717, 1.165) is 5.82 Å². The summed E-state index contributed by atoms with van der Waals surface area (Å²) in [5.74, 6) is 1.07. The van der Waals surface area contributed by atoms with Crippen molar-refractivity contribution in [3.63, 3.8) is 0 Å². The number of benzene rings is 2. The second-order valence-corrected chi connectivity index (χ2v) is 6.50. The molecule has 27 heavy (non-hydrogen) atoms. The van der Waals surface area contributed by atoms with E-state index in [1.54, 1.807) is 36.5 Å². The Labute approximate surface area is 163 Å². The Balaban J connectivity index is 1.46. The van der Waals surface area contributed by atoms with Gasteiger partial charge in [-0.1, -0.05) is 41.4 Å². The summed E-state index contributed by atoms with van der Waals surface area (Å²) in [5.41, 5.74) is 3.02. The first-order valence-corrected chi connectivity index (χ1v) is 8.90. The highest BCUT2D eigenvalue weighted by Crippen LogP contribution is 2.16. The molecule has 0 aliphatic heterocycles. The molecule has 0 radical (unpaired) electrons. The maximum Gasteiger partial charge on any atom is 0.262 e. The molecule has 2 N–H and O–H groups in total. The highest BCUT2D eigenvalue weighted by atomic mass is 35.5. The summed E-state index contributed by atoms with van der Waals surface area (Å²) in [6.45, 7) is 2.67. The number of nitrogens with one attached hydrogen (secondary N) is 2. The zero-order valence-electron chi connectivity index (χ0n) is 14.9. The van der Waals surface area contributed by atoms with Gasteiger partial charge in [-0.2, -0.15) is 0 Å². The van der Waals surface area contributed by atoms with Crippen LogP contribution < -0.4 is 15.4 Å². The van der Waals surface area contributed by atoms with Gasteiger partial charge in [-0.3, -0.25) is 4.79 Å². The fraction of sp³-hybridized carbons (Fsp3) is 0.143. The molecule has 0 saturated heterocycles. The van der Waals surface area contributed by atoms with Crippen molar-refractivity contribution >= 4 is 29.0 Å². The average Bonchev–Trinajstić information content (AvgIpc) is 2.67. The highest BCUT2D eigenvalue weighted by molar-refractivity contribution is 6.30. The van der Waals surface area contributed by atoms with Gasteiger partial charge in [-0.25, -0.2) is 4.98 Å². The molecule has 0 unspecified atom stereocenters. The van der Waals surface area contributed by atoms with E-state index in [0.29, 0.717) is 23.0 Å². The first kappa shape index (κ1) is 18.7. The number of pyridine rings is 1. The maximum absolute atomic E-state index is 12.0. The smallest absolute Gasteiger partial charge is 0.262 e. The molecular weight excluding hydrogens is 362 g/mol. The number of carbonyl (C=O) groups is 1. The van der Waals surface area contributed by atoms with Gasteiger partial charge in [0.25, 0.3) is 5.91 Å². The number of hydrogen-bond donors (Lipinski definition) is 2. The van der Waals surface area contributed by atoms with Crippen molar-refractivity contribution in [2.75, 3.05) is 17.2 Å². The predicted octanol–water partition coefficient (Wildman–Crippen LogP) is 4.67. The van der Waals surface area contributed by atoms with Crippen LogP contribution in [0.25, 0.3) is 0 Å². The summed E-state index contributed by atoms with van der Waals surface area (Å²) in [6.07, 6.45) is 1.61. The van der Waals surface area contributed by atoms with Crippen LogP contribution in [0.1, 0.15) is 11.1 Å². The molecule has 0 saturated carbocycles. The number of carbonyl (C=O) groups excluding carboxylic acids is 1. The molecule has 0 aliphatic carbocycles. The summed E-state index contributed by atoms with van der Waals surface area (Å²) in [6, 6.07) is 18.8. The normalized spacial score (nSPS) is 10.3. The molecule has 0 bridgehead atoms. The summed E-state index contributed by atoms with van der Waals surface area (Å²) in [7, 11) is 0. The molecule has 6 heteroatoms. The quantitative estimate of drug-likeness (QED) is 0.624. The summed E-state index contributed by atoms with van der Waals surface area (Å²) in [4.78, 5) is 16.3. The molecule has 0 spiro atoms. The van der Waals surface area contributed by atoms with Crippen LogP contribution in [0.3, 0.4) is 0 Å². The van der Waals surface area contributed by atoms with Crippen molar-refractivity contribution in [1.29, 1.82) is 0 Å². The number of ether oxygens (including phenoxy) is 1. The standard InChI is InChI=1S/C21H20ClN3O2/c1-15-3-2-4-16(11-15)12-23-20-10-7-18(13-24-20)25-21(26)14-27-19-8-5-17(22)6-9-19/h2-11,13H,12,14H2,1H3,(H,23,24)(H,25,26). The predicted molar refractivity (Wildman–Crippen MR) is 108 cm³/mol. The molecule has 3 rings (SSSR count). The lowest BCUT2D eigenvalue weighted by molar-refractivity contribution is -0.118. The zero-order chi connectivity index (χ0) is 19.1. The Morgan fingerprint density at radius 2 is 1.93 bits per heavy atom. The first-order valence-electron chi connectivity index (χ1n) is 8.52. The SMILES string of the molecule is Cc1cccc(CNc2ccc(NC(=O)COc3ccc(Cl)cc3)cn2)c1. The molecule has 0 fully saturated rings. The summed E-state index contributed by atoms with van der Waals surface area (Å²) in [5, 5.41) is 6.63. The van der Waals surface area contributed by atoms with Gasteiger partial charge < -0.3 is 15.4 Å². The Hall–Kier alpha value is -3.05. The van der Waals surface area contributed by atoms with Crippen LogP contribution in [0.15, 0.2) is 66.9 Å². The molecular formula is C21H20ClN3O2. The Morgan fingerprint density at radius 3 is 2.63 bits per heavy atom. The highest BCUT2D eigenvalue weighted by Gasteiger charge is 2.05. The number of nitrogens with zero attached hydrogens (tertiary/aromatic N) is 1. The minimum absolute atomic E-state index is 0.0883. The average molecular weight is 382 g/mol. The molecule has 0 aliphatic rings. The van der Waals surface area contributed by atoms with Crippen LogP contribution in [-0.2, 0) is 11.3 Å². The van der Waals surface area contributed by atoms with Gasteiger partial charge in [0.2, 0.25) is 0 Å². The zero-order valence-corrected chi connectivity index (χ0v) is 15.7. The van der Waals surface area contributed by atoms with Crippen molar-refractivity contribution in [2.45, 2.75) is 13.5 Å². The molecule has 1 amide bonds. The van der Waals surface area contributed by atoms with E-state index in [1.807, 2.05) is 12.1 Å². The van der Waals surface area contributed by atoms with Crippen LogP contribution in [0.5, 0.6) is 5.75 Å². The second-order valence-electron chi connectivity index (χ2n) is 6.07. The van der Waals surface area contributed by atoms with E-state index in [1.165, 1.54) is 11.1 Å². The number of anilines is 2. The van der Waals surface area contributed by atoms with E-state index in [2.05, 4.69) is 40.7 Å². The van der Waals surface area contributed by atoms with E-state index >= 15 is 0 Å².